The van der Waals surface area contributed by atoms with Crippen LogP contribution in [-0.2, 0) is 0 Å². The van der Waals surface area contributed by atoms with Crippen LogP contribution in [0.2, 0.25) is 0 Å². The van der Waals surface area contributed by atoms with Crippen LogP contribution in [0.5, 0.6) is 11.5 Å². The van der Waals surface area contributed by atoms with Crippen molar-refractivity contribution in [2.75, 3.05) is 19.0 Å². The Morgan fingerprint density at radius 2 is 1.88 bits per heavy atom. The van der Waals surface area contributed by atoms with E-state index in [1.54, 1.807) is 31.2 Å². The third kappa shape index (κ3) is 4.08. The first kappa shape index (κ1) is 20.9. The molecule has 1 amide bonds. The number of benzene rings is 3. The molecule has 4 aromatic rings. The minimum atomic E-state index is -0.630. The van der Waals surface area contributed by atoms with Gasteiger partial charge in [-0.2, -0.15) is 0 Å². The number of nitrogens with zero attached hydrogens (tertiary/aromatic N) is 2. The van der Waals surface area contributed by atoms with Gasteiger partial charge in [-0.1, -0.05) is 12.1 Å². The fourth-order valence-electron chi connectivity index (χ4n) is 3.31. The average molecular weight is 432 g/mol. The Labute approximate surface area is 183 Å². The lowest BCUT2D eigenvalue weighted by molar-refractivity contribution is -0.385. The molecule has 0 aliphatic heterocycles. The zero-order valence-corrected chi connectivity index (χ0v) is 17.4. The third-order valence-corrected chi connectivity index (χ3v) is 4.83. The number of amides is 1. The lowest BCUT2D eigenvalue weighted by Crippen LogP contribution is -2.14. The molecule has 4 rings (SSSR count). The van der Waals surface area contributed by atoms with E-state index < -0.39 is 10.8 Å². The molecule has 0 saturated heterocycles. The van der Waals surface area contributed by atoms with E-state index in [1.165, 1.54) is 19.2 Å². The van der Waals surface area contributed by atoms with Gasteiger partial charge in [0.2, 0.25) is 0 Å². The van der Waals surface area contributed by atoms with Gasteiger partial charge in [-0.15, -0.1) is 0 Å². The number of aromatic nitrogens is 2. The quantitative estimate of drug-likeness (QED) is 0.320. The van der Waals surface area contributed by atoms with E-state index in [0.717, 1.165) is 16.6 Å². The number of H-pyrrole nitrogens is 1. The number of ether oxygens (including phenoxy) is 2. The summed E-state index contributed by atoms with van der Waals surface area (Å²) in [6.45, 7) is 2.05. The topological polar surface area (TPSA) is 119 Å². The Bertz CT molecular complexity index is 1260. The van der Waals surface area contributed by atoms with Crippen molar-refractivity contribution in [2.24, 2.45) is 0 Å². The van der Waals surface area contributed by atoms with E-state index in [1.807, 2.05) is 24.3 Å². The zero-order valence-electron chi connectivity index (χ0n) is 17.4. The molecule has 9 heteroatoms. The average Bonchev–Trinajstić information content (AvgIpc) is 3.23. The first-order valence-electron chi connectivity index (χ1n) is 9.86. The van der Waals surface area contributed by atoms with E-state index in [9.17, 15) is 14.9 Å². The number of imidazole rings is 1. The largest absolute Gasteiger partial charge is 0.493 e. The highest BCUT2D eigenvalue weighted by Gasteiger charge is 2.25. The fraction of sp³-hybridized carbons (Fsp3) is 0.130. The van der Waals surface area contributed by atoms with Crippen molar-refractivity contribution in [2.45, 2.75) is 6.92 Å². The fourth-order valence-corrected chi connectivity index (χ4v) is 3.31. The molecule has 0 spiro atoms. The van der Waals surface area contributed by atoms with Crippen LogP contribution in [0.1, 0.15) is 17.3 Å². The zero-order chi connectivity index (χ0) is 22.7. The van der Waals surface area contributed by atoms with Gasteiger partial charge in [0.05, 0.1) is 35.7 Å². The van der Waals surface area contributed by atoms with Crippen molar-refractivity contribution in [1.82, 2.24) is 9.97 Å². The molecule has 162 valence electrons. The van der Waals surface area contributed by atoms with Gasteiger partial charge in [-0.3, -0.25) is 14.9 Å². The summed E-state index contributed by atoms with van der Waals surface area (Å²) >= 11 is 0. The summed E-state index contributed by atoms with van der Waals surface area (Å²) in [6, 6.07) is 17.2. The monoisotopic (exact) mass is 432 g/mol. The summed E-state index contributed by atoms with van der Waals surface area (Å²) < 4.78 is 10.6. The molecule has 1 heterocycles. The highest BCUT2D eigenvalue weighted by atomic mass is 16.6. The summed E-state index contributed by atoms with van der Waals surface area (Å²) in [5.41, 5.74) is 2.61. The molecule has 0 saturated carbocycles. The highest BCUT2D eigenvalue weighted by Crippen LogP contribution is 2.35. The van der Waals surface area contributed by atoms with Gasteiger partial charge in [0.25, 0.3) is 11.6 Å². The van der Waals surface area contributed by atoms with Gasteiger partial charge in [0.1, 0.15) is 11.4 Å². The lowest BCUT2D eigenvalue weighted by Gasteiger charge is -2.12. The number of carbonyl (C=O) groups excluding carboxylic acids is 1. The van der Waals surface area contributed by atoms with Crippen LogP contribution in [-0.4, -0.2) is 34.5 Å². The third-order valence-electron chi connectivity index (χ3n) is 4.83. The van der Waals surface area contributed by atoms with Crippen LogP contribution < -0.4 is 14.8 Å². The Hall–Kier alpha value is -4.40. The predicted octanol–water partition coefficient (Wildman–Crippen LogP) is 4.80. The van der Waals surface area contributed by atoms with Crippen molar-refractivity contribution in [3.05, 3.63) is 76.3 Å². The van der Waals surface area contributed by atoms with Crippen LogP contribution in [0, 0.1) is 10.1 Å². The van der Waals surface area contributed by atoms with E-state index in [4.69, 9.17) is 9.47 Å². The molecule has 3 aromatic carbocycles. The first-order valence-corrected chi connectivity index (χ1v) is 9.86. The van der Waals surface area contributed by atoms with Crippen LogP contribution in [0.3, 0.4) is 0 Å². The number of hydrogen-bond acceptors (Lipinski definition) is 6. The normalized spacial score (nSPS) is 10.7. The smallest absolute Gasteiger partial charge is 0.286 e. The maximum Gasteiger partial charge on any atom is 0.286 e. The minimum absolute atomic E-state index is 0.128. The number of fused-ring (bicyclic) bond motifs is 1. The number of carbonyl (C=O) groups is 1. The van der Waals surface area contributed by atoms with Crippen molar-refractivity contribution >= 4 is 28.3 Å². The maximum atomic E-state index is 12.8. The molecule has 2 N–H and O–H groups in total. The molecule has 0 atom stereocenters. The predicted molar refractivity (Wildman–Crippen MR) is 120 cm³/mol. The molecule has 32 heavy (non-hydrogen) atoms. The van der Waals surface area contributed by atoms with Crippen LogP contribution >= 0.6 is 0 Å². The van der Waals surface area contributed by atoms with Gasteiger partial charge in [-0.05, 0) is 43.3 Å². The Kier molecular flexibility index (Phi) is 5.71. The van der Waals surface area contributed by atoms with Gasteiger partial charge in [0.15, 0.2) is 11.5 Å². The number of para-hydroxylation sites is 2. The number of nitrogens with one attached hydrogen (secondary N) is 2. The van der Waals surface area contributed by atoms with Gasteiger partial charge < -0.3 is 19.8 Å². The number of nitro groups is 1. The Balaban J connectivity index is 1.59. The summed E-state index contributed by atoms with van der Waals surface area (Å²) in [7, 11) is 1.40. The number of methoxy groups -OCH3 is 1. The number of rotatable bonds is 7. The molecule has 0 bridgehead atoms. The number of hydrogen-bond donors (Lipinski definition) is 2. The summed E-state index contributed by atoms with van der Waals surface area (Å²) in [6.07, 6.45) is 0. The Morgan fingerprint density at radius 1 is 1.12 bits per heavy atom. The number of anilines is 1. The first-order chi connectivity index (χ1) is 15.5. The molecule has 0 aliphatic rings. The molecule has 0 aliphatic carbocycles. The number of nitro benzene ring substituents is 1. The summed E-state index contributed by atoms with van der Waals surface area (Å²) in [4.78, 5) is 31.5. The van der Waals surface area contributed by atoms with Crippen LogP contribution in [0.15, 0.2) is 60.7 Å². The lowest BCUT2D eigenvalue weighted by atomic mass is 10.1. The SMILES string of the molecule is CCOc1cc([N+](=O)[O-])c(C(=O)Nc2ccc(-c3nc4ccccc4[nH]3)cc2)cc1OC. The summed E-state index contributed by atoms with van der Waals surface area (Å²) in [5, 5.41) is 14.2. The second-order valence-electron chi connectivity index (χ2n) is 6.84. The molecule has 9 nitrogen and oxygen atoms in total. The molecular weight excluding hydrogens is 412 g/mol. The van der Waals surface area contributed by atoms with Crippen molar-refractivity contribution in [1.29, 1.82) is 0 Å². The molecule has 1 aromatic heterocycles. The van der Waals surface area contributed by atoms with Gasteiger partial charge in [-0.25, -0.2) is 4.98 Å². The molecule has 0 radical (unpaired) electrons. The van der Waals surface area contributed by atoms with Gasteiger partial charge >= 0.3 is 0 Å². The van der Waals surface area contributed by atoms with Crippen molar-refractivity contribution < 1.29 is 19.2 Å². The van der Waals surface area contributed by atoms with E-state index >= 15 is 0 Å². The summed E-state index contributed by atoms with van der Waals surface area (Å²) in [5.74, 6) is 0.516. The van der Waals surface area contributed by atoms with E-state index in [-0.39, 0.29) is 22.7 Å². The van der Waals surface area contributed by atoms with Crippen molar-refractivity contribution in [3.63, 3.8) is 0 Å². The second-order valence-corrected chi connectivity index (χ2v) is 6.84. The molecule has 0 fully saturated rings. The molecule has 0 unspecified atom stereocenters. The second kappa shape index (κ2) is 8.76. The number of aromatic amines is 1. The van der Waals surface area contributed by atoms with E-state index in [2.05, 4.69) is 15.3 Å². The highest BCUT2D eigenvalue weighted by molar-refractivity contribution is 6.07. The van der Waals surface area contributed by atoms with Crippen LogP contribution in [0.4, 0.5) is 11.4 Å². The van der Waals surface area contributed by atoms with Crippen LogP contribution in [0.25, 0.3) is 22.4 Å². The van der Waals surface area contributed by atoms with Gasteiger partial charge in [0, 0.05) is 17.3 Å². The minimum Gasteiger partial charge on any atom is -0.493 e. The Morgan fingerprint density at radius 3 is 2.53 bits per heavy atom. The standard InChI is InChI=1S/C23H20N4O5/c1-3-32-21-13-19(27(29)30)16(12-20(21)31-2)23(28)24-15-10-8-14(9-11-15)22-25-17-6-4-5-7-18(17)26-22/h4-13H,3H2,1-2H3,(H,24,28)(H,25,26). The maximum absolute atomic E-state index is 12.8. The van der Waals surface area contributed by atoms with Crippen molar-refractivity contribution in [3.8, 4) is 22.9 Å². The van der Waals surface area contributed by atoms with E-state index in [0.29, 0.717) is 18.1 Å². The molecular formula is C23H20N4O5.